The average Bonchev–Trinajstić information content (AvgIpc) is 2.29. The zero-order valence-corrected chi connectivity index (χ0v) is 13.1. The van der Waals surface area contributed by atoms with Gasteiger partial charge in [-0.1, -0.05) is 18.2 Å². The Morgan fingerprint density at radius 2 is 1.53 bits per heavy atom. The predicted octanol–water partition coefficient (Wildman–Crippen LogP) is -6.79. The maximum absolute atomic E-state index is 7.57. The predicted molar refractivity (Wildman–Crippen MR) is 59.5 cm³/mol. The Morgan fingerprint density at radius 3 is 2.26 bits per heavy atom. The molecule has 3 rings (SSSR count). The van der Waals surface area contributed by atoms with E-state index in [0.29, 0.717) is 5.49 Å². The Balaban J connectivity index is 0. The third kappa shape index (κ3) is 3.85. The molecular weight excluding hydrogens is 345 g/mol. The van der Waals surface area contributed by atoms with Crippen LogP contribution in [-0.4, -0.2) is 9.97 Å². The first kappa shape index (κ1) is 20.6. The molecule has 0 unspecified atom stereocenters. The Hall–Kier alpha value is -0.758. The summed E-state index contributed by atoms with van der Waals surface area (Å²) in [6.45, 7) is 0. The molecule has 0 aliphatic carbocycles. The summed E-state index contributed by atoms with van der Waals surface area (Å²) in [4.78, 5) is 7.37. The van der Waals surface area contributed by atoms with Crippen molar-refractivity contribution in [2.75, 3.05) is 0 Å². The third-order valence-corrected chi connectivity index (χ3v) is 2.50. The summed E-state index contributed by atoms with van der Waals surface area (Å²) in [5.41, 5.74) is 2.25. The standard InChI is InChI=1S/C12H9N3.3ClH.Cr/c13-10-6-5-9-4-3-8-2-1-7-14-11(8)12(9)15-10;;;;/h1-7H,(H2,13,15);3*1H;/q;;;;+3/p-3. The van der Waals surface area contributed by atoms with Gasteiger partial charge in [-0.2, -0.15) is 0 Å². The molecule has 0 fully saturated rings. The van der Waals surface area contributed by atoms with Gasteiger partial charge in [-0.25, -0.2) is 0 Å². The number of pyridine rings is 2. The Morgan fingerprint density at radius 1 is 0.895 bits per heavy atom. The van der Waals surface area contributed by atoms with Crippen LogP contribution in [0.25, 0.3) is 21.8 Å². The van der Waals surface area contributed by atoms with E-state index < -0.39 is 0 Å². The fourth-order valence-corrected chi connectivity index (χ4v) is 1.78. The summed E-state index contributed by atoms with van der Waals surface area (Å²) >= 11 is 0. The van der Waals surface area contributed by atoms with E-state index in [2.05, 4.69) is 9.97 Å². The molecule has 1 aromatic carbocycles. The molecule has 0 bridgehead atoms. The van der Waals surface area contributed by atoms with Gasteiger partial charge < -0.3 is 42.2 Å². The maximum Gasteiger partial charge on any atom is 3.00 e. The number of halogens is 3. The first-order valence-electron chi connectivity index (χ1n) is 4.76. The zero-order chi connectivity index (χ0) is 10.3. The second-order valence-electron chi connectivity index (χ2n) is 3.48. The molecule has 0 saturated heterocycles. The largest absolute Gasteiger partial charge is 3.00 e. The Bertz CT molecular complexity index is 715. The van der Waals surface area contributed by atoms with E-state index in [4.69, 9.17) is 5.41 Å². The Kier molecular flexibility index (Phi) is 9.11. The van der Waals surface area contributed by atoms with Crippen LogP contribution in [0.15, 0.2) is 42.6 Å². The molecule has 19 heavy (non-hydrogen) atoms. The number of nitrogens with zero attached hydrogens (tertiary/aromatic N) is 1. The number of hydrogen-bond donors (Lipinski definition) is 2. The molecule has 0 atom stereocenters. The van der Waals surface area contributed by atoms with Gasteiger partial charge in [-0.15, -0.1) is 0 Å². The number of benzene rings is 1. The van der Waals surface area contributed by atoms with Crippen molar-refractivity contribution < 1.29 is 54.6 Å². The number of aromatic nitrogens is 2. The van der Waals surface area contributed by atoms with Gasteiger partial charge in [0, 0.05) is 17.0 Å². The van der Waals surface area contributed by atoms with Crippen molar-refractivity contribution in [3.05, 3.63) is 48.1 Å². The summed E-state index contributed by atoms with van der Waals surface area (Å²) in [6, 6.07) is 11.7. The minimum atomic E-state index is 0. The molecule has 0 amide bonds. The van der Waals surface area contributed by atoms with Gasteiger partial charge in [0.2, 0.25) is 0 Å². The van der Waals surface area contributed by atoms with E-state index in [9.17, 15) is 0 Å². The number of H-pyrrole nitrogens is 1. The average molecular weight is 354 g/mol. The van der Waals surface area contributed by atoms with Crippen molar-refractivity contribution in [1.82, 2.24) is 9.97 Å². The molecule has 0 aliphatic heterocycles. The first-order valence-corrected chi connectivity index (χ1v) is 4.76. The van der Waals surface area contributed by atoms with Crippen molar-refractivity contribution in [1.29, 1.82) is 5.41 Å². The quantitative estimate of drug-likeness (QED) is 0.388. The van der Waals surface area contributed by atoms with Crippen LogP contribution >= 0.6 is 0 Å². The second kappa shape index (κ2) is 8.42. The SMILES string of the molecule is N=c1ccc2ccc3cccnc3c2[nH]1.[Cl-].[Cl-].[Cl-].[Cr+3]. The topological polar surface area (TPSA) is 52.5 Å². The molecule has 2 N–H and O–H groups in total. The van der Waals surface area contributed by atoms with Crippen molar-refractivity contribution in [3.63, 3.8) is 0 Å². The van der Waals surface area contributed by atoms with E-state index in [1.807, 2.05) is 30.3 Å². The zero-order valence-electron chi connectivity index (χ0n) is 9.53. The van der Waals surface area contributed by atoms with Gasteiger partial charge in [0.1, 0.15) is 5.49 Å². The van der Waals surface area contributed by atoms with Crippen molar-refractivity contribution in [2.45, 2.75) is 0 Å². The van der Waals surface area contributed by atoms with E-state index in [0.717, 1.165) is 21.8 Å². The fraction of sp³-hybridized carbons (Fsp3) is 0. The molecule has 3 nitrogen and oxygen atoms in total. The number of fused-ring (bicyclic) bond motifs is 3. The molecule has 0 saturated carbocycles. The van der Waals surface area contributed by atoms with Crippen molar-refractivity contribution in [3.8, 4) is 0 Å². The van der Waals surface area contributed by atoms with Crippen LogP contribution < -0.4 is 42.7 Å². The van der Waals surface area contributed by atoms with E-state index in [1.54, 1.807) is 12.3 Å². The van der Waals surface area contributed by atoms with Crippen LogP contribution in [0.2, 0.25) is 0 Å². The second-order valence-corrected chi connectivity index (χ2v) is 3.48. The number of rotatable bonds is 0. The minimum absolute atomic E-state index is 0. The summed E-state index contributed by atoms with van der Waals surface area (Å²) in [6.07, 6.45) is 1.77. The van der Waals surface area contributed by atoms with Crippen molar-refractivity contribution >= 4 is 21.8 Å². The molecule has 0 aliphatic rings. The summed E-state index contributed by atoms with van der Waals surface area (Å²) in [5.74, 6) is 0. The van der Waals surface area contributed by atoms with Gasteiger partial charge in [-0.05, 0) is 18.2 Å². The van der Waals surface area contributed by atoms with Gasteiger partial charge in [-0.3, -0.25) is 10.4 Å². The molecule has 2 aromatic heterocycles. The number of hydrogen-bond acceptors (Lipinski definition) is 2. The van der Waals surface area contributed by atoms with Gasteiger partial charge in [0.25, 0.3) is 0 Å². The van der Waals surface area contributed by atoms with Crippen LogP contribution in [0.3, 0.4) is 0 Å². The van der Waals surface area contributed by atoms with Crippen LogP contribution in [0.1, 0.15) is 0 Å². The molecular formula is C12H9Cl3CrN3. The molecule has 3 aromatic rings. The van der Waals surface area contributed by atoms with Crippen LogP contribution in [0.4, 0.5) is 0 Å². The fourth-order valence-electron chi connectivity index (χ4n) is 1.78. The van der Waals surface area contributed by atoms with E-state index in [1.165, 1.54) is 0 Å². The number of aromatic amines is 1. The molecule has 7 heteroatoms. The van der Waals surface area contributed by atoms with Crippen LogP contribution in [0.5, 0.6) is 0 Å². The third-order valence-electron chi connectivity index (χ3n) is 2.50. The van der Waals surface area contributed by atoms with E-state index >= 15 is 0 Å². The van der Waals surface area contributed by atoms with Gasteiger partial charge in [0.15, 0.2) is 0 Å². The maximum atomic E-state index is 7.57. The van der Waals surface area contributed by atoms with Gasteiger partial charge >= 0.3 is 17.4 Å². The normalized spacial score (nSPS) is 8.63. The summed E-state index contributed by atoms with van der Waals surface area (Å²) in [5, 5.41) is 9.74. The molecule has 1 radical (unpaired) electrons. The summed E-state index contributed by atoms with van der Waals surface area (Å²) < 4.78 is 0. The molecule has 2 heterocycles. The number of nitrogens with one attached hydrogen (secondary N) is 2. The molecule has 0 spiro atoms. The van der Waals surface area contributed by atoms with Crippen LogP contribution in [0, 0.1) is 5.41 Å². The van der Waals surface area contributed by atoms with Crippen LogP contribution in [-0.2, 0) is 17.4 Å². The van der Waals surface area contributed by atoms with Gasteiger partial charge in [0.05, 0.1) is 11.0 Å². The monoisotopic (exact) mass is 352 g/mol. The first-order chi connectivity index (χ1) is 7.34. The van der Waals surface area contributed by atoms with E-state index in [-0.39, 0.29) is 54.6 Å². The molecule has 99 valence electrons. The Labute approximate surface area is 139 Å². The summed E-state index contributed by atoms with van der Waals surface area (Å²) in [7, 11) is 0. The smallest absolute Gasteiger partial charge is 1.00 e. The van der Waals surface area contributed by atoms with Crippen molar-refractivity contribution in [2.24, 2.45) is 0 Å². The minimum Gasteiger partial charge on any atom is -1.00 e.